The number of benzene rings is 2. The lowest BCUT2D eigenvalue weighted by atomic mass is 10.1. The van der Waals surface area contributed by atoms with E-state index in [0.717, 1.165) is 0 Å². The molecule has 0 unspecified atom stereocenters. The molecule has 0 spiro atoms. The molecule has 26 heavy (non-hydrogen) atoms. The minimum Gasteiger partial charge on any atom is -0.494 e. The smallest absolute Gasteiger partial charge is 0.254 e. The van der Waals surface area contributed by atoms with Crippen molar-refractivity contribution in [3.05, 3.63) is 65.5 Å². The lowest BCUT2D eigenvalue weighted by Gasteiger charge is -2.22. The number of rotatable bonds is 3. The molecule has 3 rings (SSSR count). The number of ether oxygens (including phenoxy) is 1. The third-order valence-corrected chi connectivity index (χ3v) is 4.49. The largest absolute Gasteiger partial charge is 0.494 e. The zero-order valence-corrected chi connectivity index (χ0v) is 14.7. The Hall–Kier alpha value is -2.89. The maximum absolute atomic E-state index is 13.9. The first-order valence-electron chi connectivity index (χ1n) is 8.57. The van der Waals surface area contributed by atoms with Crippen molar-refractivity contribution in [2.45, 2.75) is 6.42 Å². The van der Waals surface area contributed by atoms with Gasteiger partial charge in [0.15, 0.2) is 11.6 Å². The predicted octanol–water partition coefficient (Wildman–Crippen LogP) is 2.82. The van der Waals surface area contributed by atoms with Gasteiger partial charge in [0.2, 0.25) is 0 Å². The van der Waals surface area contributed by atoms with Gasteiger partial charge >= 0.3 is 0 Å². The molecule has 0 radical (unpaired) electrons. The Morgan fingerprint density at radius 1 is 0.885 bits per heavy atom. The molecule has 1 saturated heterocycles. The van der Waals surface area contributed by atoms with Crippen LogP contribution in [0.15, 0.2) is 48.5 Å². The number of amides is 2. The monoisotopic (exact) mass is 356 g/mol. The van der Waals surface area contributed by atoms with Crippen LogP contribution in [-0.2, 0) is 0 Å². The summed E-state index contributed by atoms with van der Waals surface area (Å²) in [4.78, 5) is 28.7. The van der Waals surface area contributed by atoms with E-state index in [2.05, 4.69) is 0 Å². The topological polar surface area (TPSA) is 49.9 Å². The molecule has 2 amide bonds. The van der Waals surface area contributed by atoms with E-state index >= 15 is 0 Å². The maximum atomic E-state index is 13.9. The summed E-state index contributed by atoms with van der Waals surface area (Å²) >= 11 is 0. The van der Waals surface area contributed by atoms with Gasteiger partial charge in [-0.15, -0.1) is 0 Å². The Bertz CT molecular complexity index is 795. The fraction of sp³-hybridized carbons (Fsp3) is 0.300. The van der Waals surface area contributed by atoms with E-state index in [9.17, 15) is 14.0 Å². The summed E-state index contributed by atoms with van der Waals surface area (Å²) in [6.07, 6.45) is 0.683. The lowest BCUT2D eigenvalue weighted by molar-refractivity contribution is 0.0718. The third-order valence-electron chi connectivity index (χ3n) is 4.49. The lowest BCUT2D eigenvalue weighted by Crippen LogP contribution is -2.37. The Morgan fingerprint density at radius 3 is 2.08 bits per heavy atom. The van der Waals surface area contributed by atoms with E-state index in [1.807, 2.05) is 18.2 Å². The number of nitrogens with zero attached hydrogens (tertiary/aromatic N) is 2. The Labute approximate surface area is 152 Å². The SMILES string of the molecule is COc1ccc(C(=O)N2CCCN(C(=O)c3ccccc3)CC2)cc1F. The van der Waals surface area contributed by atoms with E-state index < -0.39 is 5.82 Å². The first-order chi connectivity index (χ1) is 12.6. The summed E-state index contributed by atoms with van der Waals surface area (Å²) in [5, 5.41) is 0. The summed E-state index contributed by atoms with van der Waals surface area (Å²) in [6.45, 7) is 2.00. The number of hydrogen-bond donors (Lipinski definition) is 0. The van der Waals surface area contributed by atoms with Crippen LogP contribution in [0.1, 0.15) is 27.1 Å². The number of carbonyl (C=O) groups is 2. The fourth-order valence-corrected chi connectivity index (χ4v) is 3.07. The van der Waals surface area contributed by atoms with Crippen molar-refractivity contribution in [1.82, 2.24) is 9.80 Å². The molecule has 5 nitrogen and oxygen atoms in total. The summed E-state index contributed by atoms with van der Waals surface area (Å²) in [5.74, 6) is -0.720. The van der Waals surface area contributed by atoms with Crippen LogP contribution in [0.25, 0.3) is 0 Å². The number of methoxy groups -OCH3 is 1. The van der Waals surface area contributed by atoms with Crippen LogP contribution in [0.3, 0.4) is 0 Å². The Kier molecular flexibility index (Phi) is 5.51. The zero-order chi connectivity index (χ0) is 18.5. The summed E-state index contributed by atoms with van der Waals surface area (Å²) in [5.41, 5.74) is 0.927. The average molecular weight is 356 g/mol. The van der Waals surface area contributed by atoms with Crippen molar-refractivity contribution in [2.24, 2.45) is 0 Å². The molecule has 136 valence electrons. The van der Waals surface area contributed by atoms with Gasteiger partial charge in [0.05, 0.1) is 7.11 Å². The quantitative estimate of drug-likeness (QED) is 0.850. The van der Waals surface area contributed by atoms with E-state index in [4.69, 9.17) is 4.74 Å². The molecule has 1 aliphatic rings. The summed E-state index contributed by atoms with van der Waals surface area (Å²) in [7, 11) is 1.38. The van der Waals surface area contributed by atoms with Crippen molar-refractivity contribution >= 4 is 11.8 Å². The van der Waals surface area contributed by atoms with E-state index in [1.54, 1.807) is 28.0 Å². The van der Waals surface area contributed by atoms with E-state index in [1.165, 1.54) is 19.2 Å². The van der Waals surface area contributed by atoms with Gasteiger partial charge in [0.25, 0.3) is 11.8 Å². The molecule has 0 N–H and O–H groups in total. The first-order valence-corrected chi connectivity index (χ1v) is 8.57. The van der Waals surface area contributed by atoms with Gasteiger partial charge in [-0.1, -0.05) is 18.2 Å². The second-order valence-corrected chi connectivity index (χ2v) is 6.15. The molecular formula is C20H21FN2O3. The fourth-order valence-electron chi connectivity index (χ4n) is 3.07. The van der Waals surface area contributed by atoms with Crippen molar-refractivity contribution in [1.29, 1.82) is 0 Å². The molecule has 1 fully saturated rings. The second-order valence-electron chi connectivity index (χ2n) is 6.15. The van der Waals surface area contributed by atoms with Gasteiger partial charge in [-0.3, -0.25) is 9.59 Å². The second kappa shape index (κ2) is 7.99. The summed E-state index contributed by atoms with van der Waals surface area (Å²) < 4.78 is 18.7. The van der Waals surface area contributed by atoms with Gasteiger partial charge in [-0.2, -0.15) is 0 Å². The molecule has 0 saturated carbocycles. The summed E-state index contributed by atoms with van der Waals surface area (Å²) in [6, 6.07) is 13.3. The highest BCUT2D eigenvalue weighted by atomic mass is 19.1. The molecule has 6 heteroatoms. The van der Waals surface area contributed by atoms with Gasteiger partial charge in [0.1, 0.15) is 0 Å². The molecule has 2 aromatic carbocycles. The standard InChI is InChI=1S/C20H21FN2O3/c1-26-18-9-8-16(14-17(18)21)20(25)23-11-5-10-22(12-13-23)19(24)15-6-3-2-4-7-15/h2-4,6-9,14H,5,10-13H2,1H3. The van der Waals surface area contributed by atoms with Crippen molar-refractivity contribution in [3.8, 4) is 5.75 Å². The molecule has 0 aromatic heterocycles. The molecule has 0 bridgehead atoms. The van der Waals surface area contributed by atoms with Crippen molar-refractivity contribution in [3.63, 3.8) is 0 Å². The molecule has 0 atom stereocenters. The molecule has 1 heterocycles. The highest BCUT2D eigenvalue weighted by molar-refractivity contribution is 5.95. The molecule has 0 aliphatic carbocycles. The number of hydrogen-bond acceptors (Lipinski definition) is 3. The maximum Gasteiger partial charge on any atom is 0.254 e. The Balaban J connectivity index is 1.67. The molecule has 1 aliphatic heterocycles. The van der Waals surface area contributed by atoms with Crippen LogP contribution in [0.4, 0.5) is 4.39 Å². The number of carbonyl (C=O) groups excluding carboxylic acids is 2. The minimum atomic E-state index is -0.561. The van der Waals surface area contributed by atoms with Crippen LogP contribution in [-0.4, -0.2) is 54.9 Å². The molecule has 2 aromatic rings. The van der Waals surface area contributed by atoms with Crippen LogP contribution >= 0.6 is 0 Å². The highest BCUT2D eigenvalue weighted by Gasteiger charge is 2.24. The van der Waals surface area contributed by atoms with Crippen molar-refractivity contribution < 1.29 is 18.7 Å². The van der Waals surface area contributed by atoms with Crippen LogP contribution < -0.4 is 4.74 Å². The predicted molar refractivity (Wildman–Crippen MR) is 95.8 cm³/mol. The van der Waals surface area contributed by atoms with E-state index in [-0.39, 0.29) is 23.1 Å². The van der Waals surface area contributed by atoms with Crippen LogP contribution in [0, 0.1) is 5.82 Å². The zero-order valence-electron chi connectivity index (χ0n) is 14.7. The normalized spacial score (nSPS) is 14.7. The van der Waals surface area contributed by atoms with E-state index in [0.29, 0.717) is 38.2 Å². The highest BCUT2D eigenvalue weighted by Crippen LogP contribution is 2.19. The van der Waals surface area contributed by atoms with Crippen molar-refractivity contribution in [2.75, 3.05) is 33.3 Å². The Morgan fingerprint density at radius 2 is 1.50 bits per heavy atom. The van der Waals surface area contributed by atoms with Gasteiger partial charge < -0.3 is 14.5 Å². The van der Waals surface area contributed by atoms with Gasteiger partial charge in [0, 0.05) is 37.3 Å². The van der Waals surface area contributed by atoms with Gasteiger partial charge in [-0.25, -0.2) is 4.39 Å². The van der Waals surface area contributed by atoms with Crippen LogP contribution in [0.2, 0.25) is 0 Å². The minimum absolute atomic E-state index is 0.0320. The third kappa shape index (κ3) is 3.85. The first kappa shape index (κ1) is 17.9. The molecular weight excluding hydrogens is 335 g/mol. The van der Waals surface area contributed by atoms with Gasteiger partial charge in [-0.05, 0) is 36.8 Å². The van der Waals surface area contributed by atoms with Crippen LogP contribution in [0.5, 0.6) is 5.75 Å². The average Bonchev–Trinajstić information content (AvgIpc) is 2.93. The number of halogens is 1.